The number of halogens is 5. The molecule has 2 aliphatic heterocycles. The number of alkyl halides is 5. The Morgan fingerprint density at radius 3 is 2.44 bits per heavy atom. The molecule has 34 heavy (non-hydrogen) atoms. The lowest BCUT2D eigenvalue weighted by Gasteiger charge is -2.50. The summed E-state index contributed by atoms with van der Waals surface area (Å²) in [6.45, 7) is 6.21. The fourth-order valence-corrected chi connectivity index (χ4v) is 4.79. The van der Waals surface area contributed by atoms with Gasteiger partial charge in [0, 0.05) is 51.5 Å². The average molecular weight is 492 g/mol. The van der Waals surface area contributed by atoms with Gasteiger partial charge in [0.25, 0.3) is 0 Å². The molecule has 0 bridgehead atoms. The monoisotopic (exact) mass is 492 g/mol. The number of carboxylic acid groups (broad SMARTS) is 1. The summed E-state index contributed by atoms with van der Waals surface area (Å²) in [6, 6.07) is 8.58. The molecule has 190 valence electrons. The van der Waals surface area contributed by atoms with Crippen molar-refractivity contribution in [3.8, 4) is 0 Å². The van der Waals surface area contributed by atoms with Crippen LogP contribution in [0.25, 0.3) is 0 Å². The Bertz CT molecular complexity index is 878. The van der Waals surface area contributed by atoms with Crippen LogP contribution in [-0.4, -0.2) is 65.8 Å². The number of aliphatic carboxylic acids is 1. The van der Waals surface area contributed by atoms with Crippen molar-refractivity contribution in [1.29, 1.82) is 0 Å². The molecule has 1 unspecified atom stereocenters. The van der Waals surface area contributed by atoms with Gasteiger partial charge in [-0.1, -0.05) is 29.8 Å². The maximum atomic E-state index is 12.9. The van der Waals surface area contributed by atoms with Gasteiger partial charge in [-0.2, -0.15) is 13.2 Å². The first kappa shape index (κ1) is 26.3. The van der Waals surface area contributed by atoms with Crippen LogP contribution in [0, 0.1) is 18.8 Å². The molecule has 11 heteroatoms. The van der Waals surface area contributed by atoms with Gasteiger partial charge in [-0.25, -0.2) is 13.6 Å². The predicted octanol–water partition coefficient (Wildman–Crippen LogP) is 3.77. The number of ether oxygens (including phenoxy) is 1. The minimum Gasteiger partial charge on any atom is -0.475 e. The van der Waals surface area contributed by atoms with Crippen LogP contribution >= 0.6 is 0 Å². The number of likely N-dealkylation sites (tertiary alicyclic amines) is 1. The summed E-state index contributed by atoms with van der Waals surface area (Å²) in [5, 5.41) is 9.98. The lowest BCUT2D eigenvalue weighted by atomic mass is 9.78. The number of carboxylic acids is 1. The van der Waals surface area contributed by atoms with E-state index in [1.54, 1.807) is 0 Å². The zero-order valence-electron chi connectivity index (χ0n) is 18.8. The van der Waals surface area contributed by atoms with E-state index in [2.05, 4.69) is 41.4 Å². The largest absolute Gasteiger partial charge is 0.490 e. The fraction of sp³-hybridized carbons (Fsp3) is 0.652. The molecule has 2 N–H and O–H groups in total. The Morgan fingerprint density at radius 2 is 1.88 bits per heavy atom. The highest BCUT2D eigenvalue weighted by atomic mass is 19.4. The van der Waals surface area contributed by atoms with Crippen molar-refractivity contribution in [2.24, 2.45) is 11.8 Å². The van der Waals surface area contributed by atoms with Crippen LogP contribution in [0.2, 0.25) is 0 Å². The SMILES string of the molecule is Cc1cccc(CN2CC3(C2)OCCC3CCNC(=O)C2CC(F)(F)C2)c1.O=C(O)C(F)(F)F. The van der Waals surface area contributed by atoms with Gasteiger partial charge in [0.15, 0.2) is 0 Å². The zero-order valence-corrected chi connectivity index (χ0v) is 18.8. The maximum absolute atomic E-state index is 12.9. The van der Waals surface area contributed by atoms with E-state index in [1.165, 1.54) is 11.1 Å². The molecule has 3 fully saturated rings. The predicted molar refractivity (Wildman–Crippen MR) is 112 cm³/mol. The van der Waals surface area contributed by atoms with E-state index in [9.17, 15) is 26.7 Å². The summed E-state index contributed by atoms with van der Waals surface area (Å²) in [5.74, 6) is -5.70. The van der Waals surface area contributed by atoms with Crippen LogP contribution in [0.1, 0.15) is 36.8 Å². The van der Waals surface area contributed by atoms with Gasteiger partial charge in [-0.05, 0) is 31.2 Å². The highest BCUT2D eigenvalue weighted by Gasteiger charge is 2.52. The molecule has 1 spiro atoms. The topological polar surface area (TPSA) is 78.9 Å². The standard InChI is InChI=1S/C21H28F2N2O2.C2HF3O2/c1-15-3-2-4-16(9-15)12-25-13-20(14-25)18(6-8-27-20)5-7-24-19(26)17-10-21(22,23)11-17;3-2(4,5)1(6)7/h2-4,9,17-18H,5-8,10-14H2,1H3,(H,24,26);(H,6,7). The molecule has 0 radical (unpaired) electrons. The molecular formula is C23H29F5N2O4. The number of rotatable bonds is 6. The van der Waals surface area contributed by atoms with E-state index in [1.807, 2.05) is 0 Å². The van der Waals surface area contributed by atoms with Crippen LogP contribution in [0.5, 0.6) is 0 Å². The molecule has 1 saturated carbocycles. The van der Waals surface area contributed by atoms with Crippen LogP contribution in [0.4, 0.5) is 22.0 Å². The van der Waals surface area contributed by atoms with Gasteiger partial charge in [-0.3, -0.25) is 9.69 Å². The summed E-state index contributed by atoms with van der Waals surface area (Å²) in [6.07, 6.45) is -3.82. The van der Waals surface area contributed by atoms with E-state index in [4.69, 9.17) is 14.6 Å². The third kappa shape index (κ3) is 6.65. The first-order valence-electron chi connectivity index (χ1n) is 11.2. The summed E-state index contributed by atoms with van der Waals surface area (Å²) >= 11 is 0. The van der Waals surface area contributed by atoms with E-state index in [-0.39, 0.29) is 24.3 Å². The van der Waals surface area contributed by atoms with Gasteiger partial charge in [0.1, 0.15) is 0 Å². The van der Waals surface area contributed by atoms with Crippen molar-refractivity contribution in [3.05, 3.63) is 35.4 Å². The van der Waals surface area contributed by atoms with Crippen molar-refractivity contribution in [2.45, 2.75) is 56.9 Å². The number of hydrogen-bond donors (Lipinski definition) is 2. The second-order valence-corrected chi connectivity index (χ2v) is 9.38. The molecule has 3 aliphatic rings. The molecule has 2 saturated heterocycles. The first-order valence-corrected chi connectivity index (χ1v) is 11.2. The minimum absolute atomic E-state index is 0.0853. The summed E-state index contributed by atoms with van der Waals surface area (Å²) in [7, 11) is 0. The quantitative estimate of drug-likeness (QED) is 0.592. The molecule has 0 aromatic heterocycles. The molecule has 1 aromatic rings. The van der Waals surface area contributed by atoms with Gasteiger partial charge in [-0.15, -0.1) is 0 Å². The molecular weight excluding hydrogens is 463 g/mol. The van der Waals surface area contributed by atoms with Crippen molar-refractivity contribution < 1.29 is 41.4 Å². The molecule has 1 atom stereocenters. The van der Waals surface area contributed by atoms with Gasteiger partial charge in [0.2, 0.25) is 11.8 Å². The van der Waals surface area contributed by atoms with Gasteiger partial charge < -0.3 is 15.2 Å². The third-order valence-corrected chi connectivity index (χ3v) is 6.57. The highest BCUT2D eigenvalue weighted by Crippen LogP contribution is 2.43. The Hall–Kier alpha value is -2.27. The Morgan fingerprint density at radius 1 is 1.24 bits per heavy atom. The van der Waals surface area contributed by atoms with E-state index in [0.29, 0.717) is 12.5 Å². The lowest BCUT2D eigenvalue weighted by Crippen LogP contribution is -2.64. The second kappa shape index (κ2) is 10.2. The summed E-state index contributed by atoms with van der Waals surface area (Å²) < 4.78 is 63.6. The lowest BCUT2D eigenvalue weighted by molar-refractivity contribution is -0.192. The summed E-state index contributed by atoms with van der Waals surface area (Å²) in [5.41, 5.74) is 2.51. The second-order valence-electron chi connectivity index (χ2n) is 9.38. The minimum atomic E-state index is -5.08. The van der Waals surface area contributed by atoms with Crippen LogP contribution < -0.4 is 5.32 Å². The van der Waals surface area contributed by atoms with Gasteiger partial charge >= 0.3 is 12.1 Å². The van der Waals surface area contributed by atoms with E-state index >= 15 is 0 Å². The highest BCUT2D eigenvalue weighted by molar-refractivity contribution is 5.79. The van der Waals surface area contributed by atoms with E-state index in [0.717, 1.165) is 39.1 Å². The normalized spacial score (nSPS) is 23.4. The Labute approximate surface area is 194 Å². The number of nitrogens with zero attached hydrogens (tertiary/aromatic N) is 1. The van der Waals surface area contributed by atoms with Crippen molar-refractivity contribution >= 4 is 11.9 Å². The van der Waals surface area contributed by atoms with Crippen molar-refractivity contribution in [2.75, 3.05) is 26.2 Å². The molecule has 4 rings (SSSR count). The molecule has 2 heterocycles. The number of carbonyl (C=O) groups excluding carboxylic acids is 1. The third-order valence-electron chi connectivity index (χ3n) is 6.57. The smallest absolute Gasteiger partial charge is 0.475 e. The number of amides is 1. The van der Waals surface area contributed by atoms with E-state index < -0.39 is 24.0 Å². The first-order chi connectivity index (χ1) is 15.8. The maximum Gasteiger partial charge on any atom is 0.490 e. The zero-order chi connectivity index (χ0) is 25.1. The average Bonchev–Trinajstić information content (AvgIpc) is 3.09. The van der Waals surface area contributed by atoms with Crippen molar-refractivity contribution in [3.63, 3.8) is 0 Å². The number of hydrogen-bond acceptors (Lipinski definition) is 4. The van der Waals surface area contributed by atoms with Crippen LogP contribution in [0.3, 0.4) is 0 Å². The number of benzene rings is 1. The van der Waals surface area contributed by atoms with Crippen molar-refractivity contribution in [1.82, 2.24) is 10.2 Å². The number of nitrogens with one attached hydrogen (secondary N) is 1. The fourth-order valence-electron chi connectivity index (χ4n) is 4.79. The number of aryl methyl sites for hydroxylation is 1. The van der Waals surface area contributed by atoms with Crippen LogP contribution in [-0.2, 0) is 20.9 Å². The van der Waals surface area contributed by atoms with Crippen LogP contribution in [0.15, 0.2) is 24.3 Å². The number of carbonyl (C=O) groups is 2. The Kier molecular flexibility index (Phi) is 7.86. The molecule has 1 aromatic carbocycles. The summed E-state index contributed by atoms with van der Waals surface area (Å²) in [4.78, 5) is 23.2. The molecule has 6 nitrogen and oxygen atoms in total. The van der Waals surface area contributed by atoms with Gasteiger partial charge in [0.05, 0.1) is 5.60 Å². The molecule has 1 aliphatic carbocycles. The molecule has 1 amide bonds. The Balaban J connectivity index is 0.000000406.